The van der Waals surface area contributed by atoms with Crippen LogP contribution in [0.1, 0.15) is 27.2 Å². The van der Waals surface area contributed by atoms with Crippen molar-refractivity contribution in [3.63, 3.8) is 0 Å². The maximum atomic E-state index is 13.0. The van der Waals surface area contributed by atoms with Crippen LogP contribution in [0.2, 0.25) is 0 Å². The van der Waals surface area contributed by atoms with Gasteiger partial charge in [-0.05, 0) is 37.8 Å². The van der Waals surface area contributed by atoms with Gasteiger partial charge in [0.25, 0.3) is 5.91 Å². The van der Waals surface area contributed by atoms with Crippen molar-refractivity contribution in [2.45, 2.75) is 20.8 Å². The van der Waals surface area contributed by atoms with Crippen LogP contribution in [0.15, 0.2) is 64.4 Å². The smallest absolute Gasteiger partial charge is 0.293 e. The fraction of sp³-hybridized carbons (Fsp3) is 0.120. The molecule has 1 amide bonds. The largest absolute Gasteiger partial charge is 0.450 e. The van der Waals surface area contributed by atoms with Crippen LogP contribution in [0.5, 0.6) is 0 Å². The summed E-state index contributed by atoms with van der Waals surface area (Å²) in [6.07, 6.45) is 0. The zero-order chi connectivity index (χ0) is 20.8. The van der Waals surface area contributed by atoms with Crippen molar-refractivity contribution >= 4 is 44.1 Å². The molecule has 0 aliphatic rings. The first-order chi connectivity index (χ1) is 14.5. The molecule has 0 saturated heterocycles. The van der Waals surface area contributed by atoms with E-state index in [1.165, 1.54) is 16.9 Å². The monoisotopic (exact) mass is 412 g/mol. The van der Waals surface area contributed by atoms with Crippen LogP contribution < -0.4 is 5.32 Å². The molecule has 0 radical (unpaired) electrons. The number of fused-ring (bicyclic) bond motifs is 3. The number of carbonyl (C=O) groups is 1. The molecule has 0 bridgehead atoms. The number of nitrogens with zero attached hydrogens (tertiary/aromatic N) is 1. The van der Waals surface area contributed by atoms with Gasteiger partial charge in [0, 0.05) is 27.3 Å². The molecule has 0 fully saturated rings. The van der Waals surface area contributed by atoms with E-state index in [0.717, 1.165) is 44.1 Å². The third-order valence-corrected chi connectivity index (χ3v) is 6.19. The van der Waals surface area contributed by atoms with E-state index in [-0.39, 0.29) is 5.91 Å². The molecular formula is C25H20N2O2S. The molecule has 0 unspecified atom stereocenters. The lowest BCUT2D eigenvalue weighted by atomic mass is 10.0. The van der Waals surface area contributed by atoms with E-state index in [1.807, 2.05) is 42.6 Å². The van der Waals surface area contributed by atoms with E-state index in [4.69, 9.17) is 4.42 Å². The molecule has 2 aromatic heterocycles. The summed E-state index contributed by atoms with van der Waals surface area (Å²) in [6, 6.07) is 18.4. The molecule has 5 aromatic rings. The Labute approximate surface area is 178 Å². The van der Waals surface area contributed by atoms with Crippen molar-refractivity contribution in [2.75, 3.05) is 5.32 Å². The molecule has 30 heavy (non-hydrogen) atoms. The first-order valence-corrected chi connectivity index (χ1v) is 10.6. The second kappa shape index (κ2) is 7.11. The summed E-state index contributed by atoms with van der Waals surface area (Å²) in [6.45, 7) is 6.04. The van der Waals surface area contributed by atoms with Gasteiger partial charge in [-0.15, -0.1) is 11.3 Å². The first kappa shape index (κ1) is 18.6. The van der Waals surface area contributed by atoms with Gasteiger partial charge >= 0.3 is 0 Å². The summed E-state index contributed by atoms with van der Waals surface area (Å²) in [7, 11) is 0. The summed E-state index contributed by atoms with van der Waals surface area (Å²) in [4.78, 5) is 17.6. The zero-order valence-corrected chi connectivity index (χ0v) is 17.8. The van der Waals surface area contributed by atoms with Crippen LogP contribution in [-0.4, -0.2) is 10.9 Å². The molecule has 5 rings (SSSR count). The highest BCUT2D eigenvalue weighted by atomic mass is 32.1. The normalized spacial score (nSPS) is 11.3. The van der Waals surface area contributed by atoms with Crippen LogP contribution in [-0.2, 0) is 0 Å². The van der Waals surface area contributed by atoms with Gasteiger partial charge in [0.15, 0.2) is 10.9 Å². The van der Waals surface area contributed by atoms with Gasteiger partial charge in [-0.25, -0.2) is 4.98 Å². The standard InChI is InChI=1S/C25H20N2O2S/c1-14-8-9-15(2)20(12-14)21-13-30-25(26-21)27-24(28)22-16(3)18-11-10-17-6-4-5-7-19(17)23(18)29-22/h4-13H,1-3H3,(H,26,27,28). The van der Waals surface area contributed by atoms with Crippen LogP contribution >= 0.6 is 11.3 Å². The predicted octanol–water partition coefficient (Wildman–Crippen LogP) is 6.89. The van der Waals surface area contributed by atoms with Gasteiger partial charge in [0.05, 0.1) is 5.69 Å². The number of furan rings is 1. The Bertz CT molecular complexity index is 1430. The number of nitrogens with one attached hydrogen (secondary N) is 1. The Morgan fingerprint density at radius 1 is 1.00 bits per heavy atom. The van der Waals surface area contributed by atoms with Gasteiger partial charge in [0.2, 0.25) is 0 Å². The number of amides is 1. The molecule has 0 saturated carbocycles. The third kappa shape index (κ3) is 3.08. The maximum absolute atomic E-state index is 13.0. The molecular weight excluding hydrogens is 392 g/mol. The average Bonchev–Trinajstić information content (AvgIpc) is 3.34. The molecule has 0 aliphatic heterocycles. The number of benzene rings is 3. The number of rotatable bonds is 3. The van der Waals surface area contributed by atoms with E-state index >= 15 is 0 Å². The molecule has 5 heteroatoms. The number of anilines is 1. The van der Waals surface area contributed by atoms with Crippen molar-refractivity contribution in [1.82, 2.24) is 4.98 Å². The molecule has 0 aliphatic carbocycles. The van der Waals surface area contributed by atoms with Crippen LogP contribution in [0.25, 0.3) is 33.0 Å². The van der Waals surface area contributed by atoms with Crippen molar-refractivity contribution < 1.29 is 9.21 Å². The highest BCUT2D eigenvalue weighted by Gasteiger charge is 2.20. The number of carbonyl (C=O) groups excluding carboxylic acids is 1. The minimum Gasteiger partial charge on any atom is -0.450 e. The Kier molecular flexibility index (Phi) is 4.40. The first-order valence-electron chi connectivity index (χ1n) is 9.76. The number of hydrogen-bond donors (Lipinski definition) is 1. The molecule has 0 atom stereocenters. The summed E-state index contributed by atoms with van der Waals surface area (Å²) >= 11 is 1.41. The van der Waals surface area contributed by atoms with Crippen LogP contribution in [0.3, 0.4) is 0 Å². The molecule has 1 N–H and O–H groups in total. The van der Waals surface area contributed by atoms with E-state index in [1.54, 1.807) is 0 Å². The lowest BCUT2D eigenvalue weighted by Crippen LogP contribution is -2.11. The van der Waals surface area contributed by atoms with E-state index in [9.17, 15) is 4.79 Å². The van der Waals surface area contributed by atoms with E-state index in [0.29, 0.717) is 10.9 Å². The highest BCUT2D eigenvalue weighted by Crippen LogP contribution is 2.33. The minimum absolute atomic E-state index is 0.283. The lowest BCUT2D eigenvalue weighted by molar-refractivity contribution is 0.0998. The highest BCUT2D eigenvalue weighted by molar-refractivity contribution is 7.14. The summed E-state index contributed by atoms with van der Waals surface area (Å²) in [5, 5.41) is 8.47. The molecule has 4 nitrogen and oxygen atoms in total. The second-order valence-electron chi connectivity index (χ2n) is 7.53. The average molecular weight is 413 g/mol. The van der Waals surface area contributed by atoms with Crippen molar-refractivity contribution in [1.29, 1.82) is 0 Å². The number of hydrogen-bond acceptors (Lipinski definition) is 4. The van der Waals surface area contributed by atoms with Crippen molar-refractivity contribution in [3.05, 3.63) is 82.4 Å². The second-order valence-corrected chi connectivity index (χ2v) is 8.39. The van der Waals surface area contributed by atoms with Gasteiger partial charge in [-0.1, -0.05) is 54.1 Å². The Morgan fingerprint density at radius 2 is 1.83 bits per heavy atom. The van der Waals surface area contributed by atoms with Crippen LogP contribution in [0.4, 0.5) is 5.13 Å². The quantitative estimate of drug-likeness (QED) is 0.351. The number of aromatic nitrogens is 1. The lowest BCUT2D eigenvalue weighted by Gasteiger charge is -2.04. The van der Waals surface area contributed by atoms with E-state index in [2.05, 4.69) is 48.4 Å². The van der Waals surface area contributed by atoms with Gasteiger partial charge in [-0.2, -0.15) is 0 Å². The van der Waals surface area contributed by atoms with Crippen molar-refractivity contribution in [3.8, 4) is 11.3 Å². The molecule has 148 valence electrons. The zero-order valence-electron chi connectivity index (χ0n) is 16.9. The number of aryl methyl sites for hydroxylation is 3. The summed E-state index contributed by atoms with van der Waals surface area (Å²) in [5.41, 5.74) is 5.86. The third-order valence-electron chi connectivity index (χ3n) is 5.43. The maximum Gasteiger partial charge on any atom is 0.293 e. The van der Waals surface area contributed by atoms with Gasteiger partial charge in [0.1, 0.15) is 5.58 Å². The Balaban J connectivity index is 1.48. The van der Waals surface area contributed by atoms with Crippen molar-refractivity contribution in [2.24, 2.45) is 0 Å². The van der Waals surface area contributed by atoms with Gasteiger partial charge in [-0.3, -0.25) is 10.1 Å². The predicted molar refractivity (Wildman–Crippen MR) is 123 cm³/mol. The minimum atomic E-state index is -0.283. The Hall–Kier alpha value is -3.44. The molecule has 0 spiro atoms. The number of thiazole rings is 1. The molecule has 3 aromatic carbocycles. The molecule has 2 heterocycles. The summed E-state index contributed by atoms with van der Waals surface area (Å²) < 4.78 is 6.04. The SMILES string of the molecule is Cc1ccc(C)c(-c2csc(NC(=O)c3oc4c(ccc5ccccc54)c3C)n2)c1. The Morgan fingerprint density at radius 3 is 2.70 bits per heavy atom. The summed E-state index contributed by atoms with van der Waals surface area (Å²) in [5.74, 6) is 0.0412. The fourth-order valence-electron chi connectivity index (χ4n) is 3.79. The van der Waals surface area contributed by atoms with Gasteiger partial charge < -0.3 is 4.42 Å². The fourth-order valence-corrected chi connectivity index (χ4v) is 4.49. The van der Waals surface area contributed by atoms with Crippen LogP contribution in [0, 0.1) is 20.8 Å². The topological polar surface area (TPSA) is 55.1 Å². The van der Waals surface area contributed by atoms with E-state index < -0.39 is 0 Å².